The predicted octanol–water partition coefficient (Wildman–Crippen LogP) is 1.26. The minimum atomic E-state index is -0.561. The fourth-order valence-electron chi connectivity index (χ4n) is 2.30. The van der Waals surface area contributed by atoms with E-state index in [0.717, 1.165) is 32.4 Å². The third-order valence-electron chi connectivity index (χ3n) is 2.90. The van der Waals surface area contributed by atoms with Gasteiger partial charge < -0.3 is 5.11 Å². The van der Waals surface area contributed by atoms with Gasteiger partial charge in [-0.3, -0.25) is 9.69 Å². The van der Waals surface area contributed by atoms with E-state index in [1.165, 1.54) is 0 Å². The number of ketones is 1. The highest BCUT2D eigenvalue weighted by Crippen LogP contribution is 2.25. The van der Waals surface area contributed by atoms with Crippen molar-refractivity contribution in [3.05, 3.63) is 6.92 Å². The molecule has 0 aromatic rings. The van der Waals surface area contributed by atoms with Gasteiger partial charge in [-0.2, -0.15) is 0 Å². The van der Waals surface area contributed by atoms with Gasteiger partial charge in [-0.15, -0.1) is 0 Å². The molecule has 0 amide bonds. The van der Waals surface area contributed by atoms with Crippen LogP contribution in [0.4, 0.5) is 0 Å². The second-order valence-corrected chi connectivity index (χ2v) is 5.27. The molecule has 0 unspecified atom stereocenters. The van der Waals surface area contributed by atoms with E-state index in [0.29, 0.717) is 12.5 Å². The van der Waals surface area contributed by atoms with Crippen LogP contribution in [0.3, 0.4) is 0 Å². The van der Waals surface area contributed by atoms with Crippen LogP contribution in [0.2, 0.25) is 0 Å². The molecule has 1 radical (unpaired) electrons. The Hall–Kier alpha value is -0.410. The van der Waals surface area contributed by atoms with Crippen molar-refractivity contribution < 1.29 is 9.90 Å². The summed E-state index contributed by atoms with van der Waals surface area (Å²) in [4.78, 5) is 13.0. The summed E-state index contributed by atoms with van der Waals surface area (Å²) < 4.78 is 0. The summed E-state index contributed by atoms with van der Waals surface area (Å²) in [5.74, 6) is 0.595. The van der Waals surface area contributed by atoms with Gasteiger partial charge >= 0.3 is 0 Å². The first kappa shape index (κ1) is 12.7. The normalized spacial score (nSPS) is 20.5. The highest BCUT2D eigenvalue weighted by atomic mass is 16.3. The molecule has 3 heteroatoms. The van der Waals surface area contributed by atoms with E-state index >= 15 is 0 Å². The maximum absolute atomic E-state index is 10.8. The van der Waals surface area contributed by atoms with Crippen LogP contribution < -0.4 is 0 Å². The molecule has 0 saturated carbocycles. The Balaban J connectivity index is 2.27. The average Bonchev–Trinajstić information content (AvgIpc) is 2.05. The van der Waals surface area contributed by atoms with Crippen LogP contribution in [0, 0.1) is 12.8 Å². The Morgan fingerprint density at radius 1 is 1.47 bits per heavy atom. The SMILES string of the molecule is [CH2]C(=O)CN1CCC(CC(C)(C)O)CC1. The van der Waals surface area contributed by atoms with E-state index < -0.39 is 5.60 Å². The molecule has 1 fully saturated rings. The number of hydrogen-bond acceptors (Lipinski definition) is 3. The van der Waals surface area contributed by atoms with Crippen molar-refractivity contribution in [2.45, 2.75) is 38.7 Å². The molecule has 0 aliphatic carbocycles. The summed E-state index contributed by atoms with van der Waals surface area (Å²) in [6.45, 7) is 9.51. The van der Waals surface area contributed by atoms with Crippen LogP contribution in [0.15, 0.2) is 0 Å². The Bertz CT molecular complexity index is 212. The topological polar surface area (TPSA) is 40.5 Å². The number of Topliss-reactive ketones (excluding diaryl/α,β-unsaturated/α-hetero) is 1. The maximum Gasteiger partial charge on any atom is 0.147 e. The van der Waals surface area contributed by atoms with Gasteiger partial charge in [0.05, 0.1) is 12.1 Å². The number of carbonyl (C=O) groups excluding carboxylic acids is 1. The van der Waals surface area contributed by atoms with E-state index in [9.17, 15) is 9.90 Å². The highest BCUT2D eigenvalue weighted by Gasteiger charge is 2.25. The van der Waals surface area contributed by atoms with E-state index in [1.54, 1.807) is 0 Å². The lowest BCUT2D eigenvalue weighted by atomic mass is 9.86. The molecule has 1 rings (SSSR count). The maximum atomic E-state index is 10.8. The lowest BCUT2D eigenvalue weighted by Gasteiger charge is -2.33. The van der Waals surface area contributed by atoms with Gasteiger partial charge in [-0.1, -0.05) is 0 Å². The molecule has 1 N–H and O–H groups in total. The van der Waals surface area contributed by atoms with Gasteiger partial charge in [0, 0.05) is 6.92 Å². The smallest absolute Gasteiger partial charge is 0.147 e. The van der Waals surface area contributed by atoms with Crippen LogP contribution >= 0.6 is 0 Å². The lowest BCUT2D eigenvalue weighted by Crippen LogP contribution is -2.38. The number of nitrogens with zero attached hydrogens (tertiary/aromatic N) is 1. The molecule has 1 aliphatic heterocycles. The summed E-state index contributed by atoms with van der Waals surface area (Å²) in [6.07, 6.45) is 3.02. The van der Waals surface area contributed by atoms with Crippen molar-refractivity contribution in [3.8, 4) is 0 Å². The van der Waals surface area contributed by atoms with Gasteiger partial charge in [-0.05, 0) is 52.1 Å². The molecule has 0 spiro atoms. The van der Waals surface area contributed by atoms with Crippen molar-refractivity contribution >= 4 is 5.78 Å². The standard InChI is InChI=1S/C12H22NO2/c1-10(14)9-13-6-4-11(5-7-13)8-12(2,3)15/h11,15H,1,4-9H2,2-3H3. The second kappa shape index (κ2) is 5.08. The first-order valence-electron chi connectivity index (χ1n) is 5.66. The second-order valence-electron chi connectivity index (χ2n) is 5.27. The van der Waals surface area contributed by atoms with Crippen molar-refractivity contribution in [1.82, 2.24) is 4.90 Å². The van der Waals surface area contributed by atoms with Gasteiger partial charge in [0.25, 0.3) is 0 Å². The molecular formula is C12H22NO2. The summed E-state index contributed by atoms with van der Waals surface area (Å²) in [6, 6.07) is 0. The molecule has 1 saturated heterocycles. The van der Waals surface area contributed by atoms with Gasteiger partial charge in [-0.25, -0.2) is 0 Å². The Morgan fingerprint density at radius 3 is 2.40 bits per heavy atom. The molecule has 0 atom stereocenters. The average molecular weight is 212 g/mol. The largest absolute Gasteiger partial charge is 0.390 e. The number of carbonyl (C=O) groups is 1. The van der Waals surface area contributed by atoms with Crippen LogP contribution in [0.1, 0.15) is 33.1 Å². The molecule has 0 bridgehead atoms. The van der Waals surface area contributed by atoms with E-state index in [2.05, 4.69) is 11.8 Å². The zero-order chi connectivity index (χ0) is 11.5. The minimum absolute atomic E-state index is 0.00376. The predicted molar refractivity (Wildman–Crippen MR) is 60.4 cm³/mol. The van der Waals surface area contributed by atoms with Gasteiger partial charge in [0.15, 0.2) is 0 Å². The molecular weight excluding hydrogens is 190 g/mol. The van der Waals surface area contributed by atoms with Crippen LogP contribution in [0.5, 0.6) is 0 Å². The first-order valence-corrected chi connectivity index (χ1v) is 5.66. The van der Waals surface area contributed by atoms with Crippen LogP contribution in [-0.2, 0) is 4.79 Å². The molecule has 87 valence electrons. The third kappa shape index (κ3) is 5.28. The van der Waals surface area contributed by atoms with Gasteiger partial charge in [0.2, 0.25) is 0 Å². The molecule has 0 aromatic carbocycles. The molecule has 1 heterocycles. The lowest BCUT2D eigenvalue weighted by molar-refractivity contribution is -0.116. The van der Waals surface area contributed by atoms with Crippen LogP contribution in [-0.4, -0.2) is 41.0 Å². The number of piperidine rings is 1. The van der Waals surface area contributed by atoms with Crippen molar-refractivity contribution in [2.24, 2.45) is 5.92 Å². The zero-order valence-corrected chi connectivity index (χ0v) is 9.83. The summed E-state index contributed by atoms with van der Waals surface area (Å²) in [5, 5.41) is 9.70. The quantitative estimate of drug-likeness (QED) is 0.762. The summed E-state index contributed by atoms with van der Waals surface area (Å²) in [7, 11) is 0. The number of rotatable bonds is 4. The number of hydrogen-bond donors (Lipinski definition) is 1. The molecule has 1 aliphatic rings. The molecule has 15 heavy (non-hydrogen) atoms. The highest BCUT2D eigenvalue weighted by molar-refractivity contribution is 5.84. The summed E-state index contributed by atoms with van der Waals surface area (Å²) >= 11 is 0. The summed E-state index contributed by atoms with van der Waals surface area (Å²) in [5.41, 5.74) is -0.561. The Morgan fingerprint density at radius 2 is 2.00 bits per heavy atom. The van der Waals surface area contributed by atoms with Crippen LogP contribution in [0.25, 0.3) is 0 Å². The molecule has 0 aromatic heterocycles. The number of aliphatic hydroxyl groups is 1. The van der Waals surface area contributed by atoms with E-state index in [-0.39, 0.29) is 5.78 Å². The Kier molecular flexibility index (Phi) is 4.29. The fourth-order valence-corrected chi connectivity index (χ4v) is 2.30. The first-order chi connectivity index (χ1) is 6.87. The number of likely N-dealkylation sites (tertiary alicyclic amines) is 1. The van der Waals surface area contributed by atoms with Crippen molar-refractivity contribution in [2.75, 3.05) is 19.6 Å². The Labute approximate surface area is 92.5 Å². The monoisotopic (exact) mass is 212 g/mol. The van der Waals surface area contributed by atoms with E-state index in [4.69, 9.17) is 0 Å². The van der Waals surface area contributed by atoms with Gasteiger partial charge in [0.1, 0.15) is 5.78 Å². The van der Waals surface area contributed by atoms with E-state index in [1.807, 2.05) is 13.8 Å². The van der Waals surface area contributed by atoms with Crippen molar-refractivity contribution in [3.63, 3.8) is 0 Å². The minimum Gasteiger partial charge on any atom is -0.390 e. The molecule has 3 nitrogen and oxygen atoms in total. The fraction of sp³-hybridized carbons (Fsp3) is 0.833. The zero-order valence-electron chi connectivity index (χ0n) is 9.83. The third-order valence-corrected chi connectivity index (χ3v) is 2.90. The van der Waals surface area contributed by atoms with Crippen molar-refractivity contribution in [1.29, 1.82) is 0 Å².